The number of carbonyl (C=O) groups excluding carboxylic acids is 2. The normalized spacial score (nSPS) is 19.1. The number of hydrogen-bond donors (Lipinski definition) is 1. The number of fused-ring (bicyclic) bond motifs is 1. The number of aliphatic hydroxyl groups is 1. The Morgan fingerprint density at radius 2 is 1.70 bits per heavy atom. The summed E-state index contributed by atoms with van der Waals surface area (Å²) >= 11 is 6.23. The van der Waals surface area contributed by atoms with E-state index in [9.17, 15) is 14.7 Å². The van der Waals surface area contributed by atoms with Crippen LogP contribution in [0.4, 0.5) is 0 Å². The summed E-state index contributed by atoms with van der Waals surface area (Å²) < 4.78 is 11.2. The van der Waals surface area contributed by atoms with Crippen molar-refractivity contribution in [2.75, 3.05) is 13.2 Å². The summed E-state index contributed by atoms with van der Waals surface area (Å²) in [6, 6.07) is 20.5. The molecule has 0 bridgehead atoms. The highest BCUT2D eigenvalue weighted by Crippen LogP contribution is 2.42. The molecular formula is C26H20ClNO5. The lowest BCUT2D eigenvalue weighted by molar-refractivity contribution is -0.140. The number of halogens is 1. The Morgan fingerprint density at radius 1 is 0.939 bits per heavy atom. The SMILES string of the molecule is O=C1C(=O)N(Cc2ccccc2)C(c2cccc(Cl)c2)/C1=C(\O)c1ccc2c(c1)OCCO2. The van der Waals surface area contributed by atoms with Crippen molar-refractivity contribution in [1.29, 1.82) is 0 Å². The Balaban J connectivity index is 1.64. The van der Waals surface area contributed by atoms with Crippen LogP contribution < -0.4 is 9.47 Å². The number of rotatable bonds is 4. The maximum Gasteiger partial charge on any atom is 0.295 e. The van der Waals surface area contributed by atoms with E-state index in [0.29, 0.717) is 40.9 Å². The van der Waals surface area contributed by atoms with Gasteiger partial charge in [0.1, 0.15) is 19.0 Å². The molecule has 3 aromatic rings. The number of nitrogens with zero attached hydrogens (tertiary/aromatic N) is 1. The van der Waals surface area contributed by atoms with Crippen molar-refractivity contribution in [2.45, 2.75) is 12.6 Å². The maximum absolute atomic E-state index is 13.2. The minimum absolute atomic E-state index is 0.00914. The first kappa shape index (κ1) is 21.1. The molecule has 1 N–H and O–H groups in total. The molecule has 33 heavy (non-hydrogen) atoms. The number of benzene rings is 3. The van der Waals surface area contributed by atoms with E-state index in [2.05, 4.69) is 0 Å². The zero-order valence-electron chi connectivity index (χ0n) is 17.5. The minimum atomic E-state index is -0.794. The van der Waals surface area contributed by atoms with Gasteiger partial charge in [0, 0.05) is 17.1 Å². The standard InChI is InChI=1S/C26H20ClNO5/c27-19-8-4-7-17(13-19)23-22(24(29)18-9-10-20-21(14-18)33-12-11-32-20)25(30)26(31)28(23)15-16-5-2-1-3-6-16/h1-10,13-14,23,29H,11-12,15H2/b24-22+. The topological polar surface area (TPSA) is 76.1 Å². The molecule has 2 heterocycles. The lowest BCUT2D eigenvalue weighted by Gasteiger charge is -2.25. The molecule has 1 unspecified atom stereocenters. The van der Waals surface area contributed by atoms with E-state index in [1.54, 1.807) is 42.5 Å². The lowest BCUT2D eigenvalue weighted by atomic mass is 9.95. The summed E-state index contributed by atoms with van der Waals surface area (Å²) in [6.45, 7) is 1.04. The monoisotopic (exact) mass is 461 g/mol. The van der Waals surface area contributed by atoms with Crippen molar-refractivity contribution in [3.63, 3.8) is 0 Å². The Kier molecular flexibility index (Phi) is 5.52. The number of likely N-dealkylation sites (tertiary alicyclic amines) is 1. The summed E-state index contributed by atoms with van der Waals surface area (Å²) in [5, 5.41) is 11.7. The van der Waals surface area contributed by atoms with Gasteiger partial charge in [-0.15, -0.1) is 0 Å². The molecular weight excluding hydrogens is 442 g/mol. The zero-order valence-corrected chi connectivity index (χ0v) is 18.3. The molecule has 6 nitrogen and oxygen atoms in total. The Labute approximate surface area is 195 Å². The molecule has 166 valence electrons. The fourth-order valence-electron chi connectivity index (χ4n) is 4.19. The minimum Gasteiger partial charge on any atom is -0.507 e. The highest BCUT2D eigenvalue weighted by atomic mass is 35.5. The van der Waals surface area contributed by atoms with Gasteiger partial charge in [0.2, 0.25) is 0 Å². The van der Waals surface area contributed by atoms with Gasteiger partial charge in [-0.1, -0.05) is 54.1 Å². The van der Waals surface area contributed by atoms with Crippen molar-refractivity contribution >= 4 is 29.1 Å². The van der Waals surface area contributed by atoms with Crippen LogP contribution in [0.3, 0.4) is 0 Å². The molecule has 1 amide bonds. The van der Waals surface area contributed by atoms with Gasteiger partial charge < -0.3 is 19.5 Å². The molecule has 0 saturated carbocycles. The smallest absolute Gasteiger partial charge is 0.295 e. The van der Waals surface area contributed by atoms with Crippen LogP contribution in [-0.2, 0) is 16.1 Å². The van der Waals surface area contributed by atoms with E-state index >= 15 is 0 Å². The van der Waals surface area contributed by atoms with Gasteiger partial charge in [-0.05, 0) is 41.5 Å². The summed E-state index contributed by atoms with van der Waals surface area (Å²) in [5.74, 6) is -0.658. The summed E-state index contributed by atoms with van der Waals surface area (Å²) in [6.07, 6.45) is 0. The largest absolute Gasteiger partial charge is 0.507 e. The van der Waals surface area contributed by atoms with Gasteiger partial charge in [-0.25, -0.2) is 0 Å². The van der Waals surface area contributed by atoms with Gasteiger partial charge in [-0.2, -0.15) is 0 Å². The molecule has 7 heteroatoms. The Morgan fingerprint density at radius 3 is 2.45 bits per heavy atom. The zero-order chi connectivity index (χ0) is 22.9. The molecule has 1 fully saturated rings. The van der Waals surface area contributed by atoms with E-state index in [1.807, 2.05) is 30.3 Å². The number of ketones is 1. The van der Waals surface area contributed by atoms with Crippen LogP contribution >= 0.6 is 11.6 Å². The molecule has 0 radical (unpaired) electrons. The summed E-state index contributed by atoms with van der Waals surface area (Å²) in [4.78, 5) is 27.8. The fourth-order valence-corrected chi connectivity index (χ4v) is 4.39. The number of carbonyl (C=O) groups is 2. The van der Waals surface area contributed by atoms with E-state index < -0.39 is 17.7 Å². The van der Waals surface area contributed by atoms with Crippen molar-refractivity contribution < 1.29 is 24.2 Å². The molecule has 0 aliphatic carbocycles. The van der Waals surface area contributed by atoms with E-state index in [1.165, 1.54) is 4.90 Å². The first-order valence-corrected chi connectivity index (χ1v) is 10.9. The van der Waals surface area contributed by atoms with Crippen LogP contribution in [0.5, 0.6) is 11.5 Å². The average molecular weight is 462 g/mol. The molecule has 0 spiro atoms. The molecule has 2 aliphatic heterocycles. The van der Waals surface area contributed by atoms with Crippen LogP contribution in [0.2, 0.25) is 5.02 Å². The van der Waals surface area contributed by atoms with Crippen LogP contribution in [0.25, 0.3) is 5.76 Å². The molecule has 1 saturated heterocycles. The van der Waals surface area contributed by atoms with E-state index in [0.717, 1.165) is 5.56 Å². The first-order chi connectivity index (χ1) is 16.0. The van der Waals surface area contributed by atoms with Crippen LogP contribution in [0.15, 0.2) is 78.4 Å². The van der Waals surface area contributed by atoms with Crippen LogP contribution in [0.1, 0.15) is 22.7 Å². The van der Waals surface area contributed by atoms with E-state index in [4.69, 9.17) is 21.1 Å². The number of ether oxygens (including phenoxy) is 2. The van der Waals surface area contributed by atoms with Crippen LogP contribution in [-0.4, -0.2) is 34.9 Å². The van der Waals surface area contributed by atoms with Gasteiger partial charge in [-0.3, -0.25) is 9.59 Å². The maximum atomic E-state index is 13.2. The predicted molar refractivity (Wildman–Crippen MR) is 123 cm³/mol. The van der Waals surface area contributed by atoms with Gasteiger partial charge >= 0.3 is 0 Å². The highest BCUT2D eigenvalue weighted by Gasteiger charge is 2.46. The first-order valence-electron chi connectivity index (χ1n) is 10.5. The summed E-state index contributed by atoms with van der Waals surface area (Å²) in [7, 11) is 0. The summed E-state index contributed by atoms with van der Waals surface area (Å²) in [5.41, 5.74) is 1.88. The van der Waals surface area contributed by atoms with Crippen molar-refractivity contribution in [2.24, 2.45) is 0 Å². The third-order valence-electron chi connectivity index (χ3n) is 5.72. The molecule has 0 aromatic heterocycles. The van der Waals surface area contributed by atoms with Crippen molar-refractivity contribution in [1.82, 2.24) is 4.90 Å². The molecule has 1 atom stereocenters. The van der Waals surface area contributed by atoms with Gasteiger partial charge in [0.05, 0.1) is 11.6 Å². The number of hydrogen-bond acceptors (Lipinski definition) is 5. The average Bonchev–Trinajstić information content (AvgIpc) is 3.09. The fraction of sp³-hybridized carbons (Fsp3) is 0.154. The quantitative estimate of drug-likeness (QED) is 0.345. The third-order valence-corrected chi connectivity index (χ3v) is 5.95. The second-order valence-electron chi connectivity index (χ2n) is 7.83. The number of Topliss-reactive ketones (excluding diaryl/α,β-unsaturated/α-hetero) is 1. The number of amides is 1. The number of aliphatic hydroxyl groups excluding tert-OH is 1. The Hall–Kier alpha value is -3.77. The van der Waals surface area contributed by atoms with Crippen LogP contribution in [0, 0.1) is 0 Å². The second-order valence-corrected chi connectivity index (χ2v) is 8.26. The molecule has 5 rings (SSSR count). The molecule has 3 aromatic carbocycles. The highest BCUT2D eigenvalue weighted by molar-refractivity contribution is 6.46. The van der Waals surface area contributed by atoms with Gasteiger partial charge in [0.15, 0.2) is 11.5 Å². The third kappa shape index (κ3) is 3.94. The lowest BCUT2D eigenvalue weighted by Crippen LogP contribution is -2.29. The van der Waals surface area contributed by atoms with E-state index in [-0.39, 0.29) is 17.9 Å². The van der Waals surface area contributed by atoms with Crippen molar-refractivity contribution in [3.8, 4) is 11.5 Å². The predicted octanol–water partition coefficient (Wildman–Crippen LogP) is 4.73. The van der Waals surface area contributed by atoms with Gasteiger partial charge in [0.25, 0.3) is 11.7 Å². The van der Waals surface area contributed by atoms with Crippen molar-refractivity contribution in [3.05, 3.63) is 100 Å². The molecule has 2 aliphatic rings. The second kappa shape index (κ2) is 8.64. The Bertz CT molecular complexity index is 1270.